The number of ketones is 1. The van der Waals surface area contributed by atoms with Crippen LogP contribution in [0.2, 0.25) is 0 Å². The summed E-state index contributed by atoms with van der Waals surface area (Å²) in [6.07, 6.45) is 0.0604. The molecule has 1 amide bonds. The molecule has 13 atom stereocenters. The van der Waals surface area contributed by atoms with Gasteiger partial charge in [-0.1, -0.05) is 32.1 Å². The van der Waals surface area contributed by atoms with Crippen molar-refractivity contribution in [1.29, 1.82) is 0 Å². The Bertz CT molecular complexity index is 1750. The number of anilines is 1. The third-order valence-electron chi connectivity index (χ3n) is 12.7. The molecule has 17 heteroatoms. The number of amides is 1. The van der Waals surface area contributed by atoms with E-state index in [9.17, 15) is 19.5 Å². The number of hydrogen-bond donors (Lipinski definition) is 3. The number of rotatable bonds is 11. The largest absolute Gasteiger partial charge is 0.458 e. The second kappa shape index (κ2) is 19.3. The van der Waals surface area contributed by atoms with Gasteiger partial charge in [0.25, 0.3) is 0 Å². The molecule has 0 saturated carbocycles. The summed E-state index contributed by atoms with van der Waals surface area (Å²) in [5.41, 5.74) is 4.82. The average Bonchev–Trinajstić information content (AvgIpc) is 3.77. The fourth-order valence-electron chi connectivity index (χ4n) is 9.33. The highest BCUT2D eigenvalue weighted by Crippen LogP contribution is 2.40. The van der Waals surface area contributed by atoms with E-state index in [0.717, 1.165) is 0 Å². The first kappa shape index (κ1) is 46.3. The molecule has 0 aromatic carbocycles. The lowest BCUT2D eigenvalue weighted by atomic mass is 9.78. The highest BCUT2D eigenvalue weighted by atomic mass is 16.7. The molecule has 0 radical (unpaired) electrons. The molecule has 5 heterocycles. The monoisotopic (exact) mass is 831 g/mol. The first-order valence-corrected chi connectivity index (χ1v) is 21.1. The van der Waals surface area contributed by atoms with Crippen molar-refractivity contribution in [1.82, 2.24) is 35.1 Å². The molecular formula is C42H70N8O9. The number of aliphatic hydroxyl groups is 1. The smallest absolute Gasteiger partial charge is 0.410 e. The number of nitrogens with zero attached hydrogens (tertiary/aromatic N) is 6. The normalized spacial score (nSPS) is 36.5. The second-order valence-electron chi connectivity index (χ2n) is 17.6. The molecule has 2 aromatic heterocycles. The van der Waals surface area contributed by atoms with Crippen LogP contribution < -0.4 is 11.1 Å². The van der Waals surface area contributed by atoms with Crippen molar-refractivity contribution in [2.24, 2.45) is 17.8 Å². The minimum absolute atomic E-state index is 0. The molecule has 0 aliphatic carbocycles. The molecule has 0 bridgehead atoms. The van der Waals surface area contributed by atoms with Crippen LogP contribution in [0.15, 0.2) is 24.4 Å². The molecule has 0 spiro atoms. The highest BCUT2D eigenvalue weighted by Gasteiger charge is 2.58. The number of aliphatic hydroxyl groups excluding tert-OH is 1. The summed E-state index contributed by atoms with van der Waals surface area (Å²) in [6, 6.07) is 4.30. The maximum atomic E-state index is 14.4. The zero-order valence-electron chi connectivity index (χ0n) is 36.8. The lowest BCUT2D eigenvalue weighted by Crippen LogP contribution is -2.61. The average molecular weight is 831 g/mol. The van der Waals surface area contributed by atoms with Crippen LogP contribution in [0, 0.1) is 17.8 Å². The van der Waals surface area contributed by atoms with Crippen LogP contribution in [-0.4, -0.2) is 147 Å². The van der Waals surface area contributed by atoms with Crippen molar-refractivity contribution in [2.75, 3.05) is 40.0 Å². The summed E-state index contributed by atoms with van der Waals surface area (Å²) in [6.45, 7) is 16.4. The quantitative estimate of drug-likeness (QED) is 0.167. The Morgan fingerprint density at radius 2 is 1.80 bits per heavy atom. The number of likely N-dealkylation sites (N-methyl/N-ethyl adjacent to an activating group) is 1. The number of carbonyl (C=O) groups excluding carboxylic acids is 3. The summed E-state index contributed by atoms with van der Waals surface area (Å²) >= 11 is 0. The van der Waals surface area contributed by atoms with E-state index in [1.807, 2.05) is 71.9 Å². The molecule has 17 nitrogen and oxygen atoms in total. The fourth-order valence-corrected chi connectivity index (χ4v) is 9.33. The summed E-state index contributed by atoms with van der Waals surface area (Å²) in [5.74, 6) is -2.78. The fraction of sp³-hybridized carbons (Fsp3) is 0.762. The van der Waals surface area contributed by atoms with E-state index in [2.05, 4.69) is 27.5 Å². The molecule has 59 heavy (non-hydrogen) atoms. The summed E-state index contributed by atoms with van der Waals surface area (Å²) < 4.78 is 33.2. The summed E-state index contributed by atoms with van der Waals surface area (Å²) in [4.78, 5) is 50.2. The Labute approximate surface area is 350 Å². The van der Waals surface area contributed by atoms with Crippen LogP contribution in [0.3, 0.4) is 0 Å². The first-order valence-electron chi connectivity index (χ1n) is 21.1. The molecule has 332 valence electrons. The summed E-state index contributed by atoms with van der Waals surface area (Å²) in [5, 5.41) is 23.6. The molecular weight excluding hydrogens is 761 g/mol. The number of cyclic esters (lactones) is 1. The maximum absolute atomic E-state index is 14.4. The van der Waals surface area contributed by atoms with Gasteiger partial charge in [-0.2, -0.15) is 0 Å². The van der Waals surface area contributed by atoms with Crippen LogP contribution in [0.25, 0.3) is 11.4 Å². The van der Waals surface area contributed by atoms with Gasteiger partial charge in [0.15, 0.2) is 17.7 Å². The molecule has 3 saturated heterocycles. The van der Waals surface area contributed by atoms with Crippen LogP contribution in [0.5, 0.6) is 0 Å². The number of ether oxygens (including phenoxy) is 5. The SMILES string of the molecule is CC[C@H]1OC(=O)[C@H](C)C(=O)[C@H](C)[C@@H](O[C@@H]2O[C@H](C)CC(N(C)C)C2O)[C@](C)(OC)C[C@@H](C)CN[C@H](C)[C@H]2N(CCCCn3cc(-c4cccc(N)n4)nn3)C(=O)O[C@]12C.[HH]. The standard InChI is InChI=1S/C42H68N8O9.H2/c1-12-32-42(8)36(50(40(54)59-42)19-14-13-18-49-23-30(46-47-49)29-16-15-17-33(43)45-29)28(6)44-22-24(2)21-41(7,55-11)37(26(4)34(51)27(5)38(53)57-32)58-39-35(52)31(48(9)10)20-25(3)56-39;/h15-17,23-28,31-32,35-37,39,44,52H,12-14,18-22H2,1-11H3,(H2,43,45);1H/t24-,25-,26+,27-,28-,31?,32-,35?,36-,37-,39+,41-,42-;/m1./s1. The van der Waals surface area contributed by atoms with E-state index in [1.54, 1.807) is 29.7 Å². The van der Waals surface area contributed by atoms with Gasteiger partial charge >= 0.3 is 12.1 Å². The number of nitrogens with two attached hydrogens (primary N) is 1. The van der Waals surface area contributed by atoms with E-state index in [4.69, 9.17) is 29.4 Å². The number of aromatic nitrogens is 4. The van der Waals surface area contributed by atoms with E-state index in [1.165, 1.54) is 6.92 Å². The lowest BCUT2D eigenvalue weighted by molar-refractivity contribution is -0.295. The highest BCUT2D eigenvalue weighted by molar-refractivity contribution is 6.00. The van der Waals surface area contributed by atoms with E-state index in [-0.39, 0.29) is 25.5 Å². The number of carbonyl (C=O) groups is 3. The summed E-state index contributed by atoms with van der Waals surface area (Å²) in [7, 11) is 5.39. The number of aryl methyl sites for hydroxylation is 1. The predicted molar refractivity (Wildman–Crippen MR) is 222 cm³/mol. The zero-order valence-corrected chi connectivity index (χ0v) is 36.8. The van der Waals surface area contributed by atoms with Crippen molar-refractivity contribution >= 4 is 23.7 Å². The van der Waals surface area contributed by atoms with Gasteiger partial charge in [-0.05, 0) is 105 Å². The van der Waals surface area contributed by atoms with E-state index >= 15 is 0 Å². The number of nitrogens with one attached hydrogen (secondary N) is 1. The number of hydrogen-bond acceptors (Lipinski definition) is 15. The van der Waals surface area contributed by atoms with Crippen LogP contribution in [0.4, 0.5) is 10.6 Å². The Kier molecular flexibility index (Phi) is 15.2. The minimum Gasteiger partial charge on any atom is -0.458 e. The first-order chi connectivity index (χ1) is 27.8. The van der Waals surface area contributed by atoms with Gasteiger partial charge in [0.2, 0.25) is 0 Å². The van der Waals surface area contributed by atoms with Gasteiger partial charge in [0.05, 0.1) is 35.7 Å². The van der Waals surface area contributed by atoms with Crippen molar-refractivity contribution < 1.29 is 44.6 Å². The molecule has 3 aliphatic heterocycles. The molecule has 3 aliphatic rings. The Hall–Kier alpha value is -3.74. The topological polar surface area (TPSA) is 206 Å². The van der Waals surface area contributed by atoms with Gasteiger partial charge in [-0.25, -0.2) is 9.78 Å². The number of Topliss-reactive ketones (excluding diaryl/α,β-unsaturated/α-hetero) is 1. The van der Waals surface area contributed by atoms with Gasteiger partial charge in [0, 0.05) is 39.6 Å². The van der Waals surface area contributed by atoms with Gasteiger partial charge in [0.1, 0.15) is 29.6 Å². The molecule has 4 N–H and O–H groups in total. The molecule has 5 rings (SSSR count). The van der Waals surface area contributed by atoms with Crippen LogP contribution in [0.1, 0.15) is 88.9 Å². The Morgan fingerprint density at radius 1 is 1.08 bits per heavy atom. The van der Waals surface area contributed by atoms with Gasteiger partial charge < -0.3 is 44.7 Å². The Morgan fingerprint density at radius 3 is 2.46 bits per heavy atom. The number of esters is 1. The third kappa shape index (κ3) is 10.2. The molecule has 2 unspecified atom stereocenters. The molecule has 2 aromatic rings. The number of unbranched alkanes of at least 4 members (excludes halogenated alkanes) is 1. The maximum Gasteiger partial charge on any atom is 0.410 e. The third-order valence-corrected chi connectivity index (χ3v) is 12.7. The molecule has 3 fully saturated rings. The van der Waals surface area contributed by atoms with Crippen molar-refractivity contribution in [3.05, 3.63) is 24.4 Å². The second-order valence-corrected chi connectivity index (χ2v) is 17.6. The number of fused-ring (bicyclic) bond motifs is 1. The predicted octanol–water partition coefficient (Wildman–Crippen LogP) is 3.93. The number of nitrogen functional groups attached to an aromatic ring is 1. The van der Waals surface area contributed by atoms with Crippen LogP contribution >= 0.6 is 0 Å². The lowest BCUT2D eigenvalue weighted by Gasteiger charge is -2.46. The van der Waals surface area contributed by atoms with Gasteiger partial charge in [-0.3, -0.25) is 19.2 Å². The zero-order chi connectivity index (χ0) is 43.4. The van der Waals surface area contributed by atoms with E-state index < -0.39 is 71.5 Å². The Balaban J connectivity index is 0.00000794. The van der Waals surface area contributed by atoms with Crippen LogP contribution in [-0.2, 0) is 39.8 Å². The number of pyridine rings is 1. The van der Waals surface area contributed by atoms with Crippen molar-refractivity contribution in [3.63, 3.8) is 0 Å². The van der Waals surface area contributed by atoms with E-state index in [0.29, 0.717) is 68.9 Å². The van der Waals surface area contributed by atoms with Crippen molar-refractivity contribution in [3.8, 4) is 11.4 Å². The number of methoxy groups -OCH3 is 1. The van der Waals surface area contributed by atoms with Gasteiger partial charge in [-0.15, -0.1) is 5.10 Å². The van der Waals surface area contributed by atoms with Crippen molar-refractivity contribution in [2.45, 2.75) is 154 Å². The minimum atomic E-state index is -1.24.